The average molecular weight is 184 g/mol. The van der Waals surface area contributed by atoms with Crippen LogP contribution >= 0.6 is 12.6 Å². The first kappa shape index (κ1) is 7.42. The second-order valence-electron chi connectivity index (χ2n) is 2.43. The number of imidazole rings is 1. The van der Waals surface area contributed by atoms with Gasteiger partial charge < -0.3 is 9.97 Å². The van der Waals surface area contributed by atoms with Crippen molar-refractivity contribution in [2.45, 2.75) is 4.90 Å². The van der Waals surface area contributed by atoms with E-state index < -0.39 is 11.5 Å². The summed E-state index contributed by atoms with van der Waals surface area (Å²) in [6.07, 6.45) is 0. The maximum Gasteiger partial charge on any atom is 0.323 e. The SMILES string of the molecule is O=c1[nH]c2cc(S)cc(F)c2[nH]1. The van der Waals surface area contributed by atoms with E-state index in [-0.39, 0.29) is 5.52 Å². The van der Waals surface area contributed by atoms with Crippen LogP contribution < -0.4 is 5.69 Å². The van der Waals surface area contributed by atoms with Crippen LogP contribution in [0.2, 0.25) is 0 Å². The second-order valence-corrected chi connectivity index (χ2v) is 2.95. The molecule has 0 amide bonds. The molecule has 1 aromatic heterocycles. The monoisotopic (exact) mass is 184 g/mol. The van der Waals surface area contributed by atoms with Crippen molar-refractivity contribution in [1.29, 1.82) is 0 Å². The van der Waals surface area contributed by atoms with Crippen molar-refractivity contribution in [2.24, 2.45) is 0 Å². The fourth-order valence-electron chi connectivity index (χ4n) is 1.09. The van der Waals surface area contributed by atoms with Crippen LogP contribution in [0, 0.1) is 5.82 Å². The molecule has 0 radical (unpaired) electrons. The summed E-state index contributed by atoms with van der Waals surface area (Å²) in [5, 5.41) is 0. The van der Waals surface area contributed by atoms with Gasteiger partial charge in [-0.3, -0.25) is 0 Å². The van der Waals surface area contributed by atoms with Gasteiger partial charge >= 0.3 is 5.69 Å². The van der Waals surface area contributed by atoms with Gasteiger partial charge in [0.2, 0.25) is 0 Å². The number of fused-ring (bicyclic) bond motifs is 1. The largest absolute Gasteiger partial charge is 0.323 e. The molecule has 0 aliphatic carbocycles. The highest BCUT2D eigenvalue weighted by Crippen LogP contribution is 2.16. The van der Waals surface area contributed by atoms with Gasteiger partial charge in [0.05, 0.1) is 5.52 Å². The van der Waals surface area contributed by atoms with Gasteiger partial charge in [0, 0.05) is 4.90 Å². The maximum absolute atomic E-state index is 13.0. The van der Waals surface area contributed by atoms with Gasteiger partial charge in [0.15, 0.2) is 0 Å². The Kier molecular flexibility index (Phi) is 1.47. The smallest absolute Gasteiger partial charge is 0.306 e. The molecule has 1 aromatic carbocycles. The summed E-state index contributed by atoms with van der Waals surface area (Å²) in [5.74, 6) is -0.476. The van der Waals surface area contributed by atoms with Crippen LogP contribution in [-0.2, 0) is 0 Å². The Morgan fingerprint density at radius 1 is 1.33 bits per heavy atom. The van der Waals surface area contributed by atoms with E-state index in [1.165, 1.54) is 6.07 Å². The lowest BCUT2D eigenvalue weighted by Gasteiger charge is -1.92. The molecule has 0 saturated carbocycles. The molecule has 1 heterocycles. The third-order valence-corrected chi connectivity index (χ3v) is 1.82. The lowest BCUT2D eigenvalue weighted by atomic mass is 10.3. The Hall–Kier alpha value is -1.23. The zero-order chi connectivity index (χ0) is 8.72. The highest BCUT2D eigenvalue weighted by atomic mass is 32.1. The molecule has 0 bridgehead atoms. The van der Waals surface area contributed by atoms with Gasteiger partial charge in [0.25, 0.3) is 0 Å². The summed E-state index contributed by atoms with van der Waals surface area (Å²) in [4.78, 5) is 16.0. The fourth-order valence-corrected chi connectivity index (χ4v) is 1.33. The number of aromatic amines is 2. The zero-order valence-corrected chi connectivity index (χ0v) is 6.78. The van der Waals surface area contributed by atoms with E-state index in [2.05, 4.69) is 22.6 Å². The molecule has 0 unspecified atom stereocenters. The molecular formula is C7H5FN2OS. The minimum Gasteiger partial charge on any atom is -0.306 e. The number of nitrogens with one attached hydrogen (secondary N) is 2. The fraction of sp³-hybridized carbons (Fsp3) is 0. The number of benzene rings is 1. The Balaban J connectivity index is 2.97. The normalized spacial score (nSPS) is 10.8. The highest BCUT2D eigenvalue weighted by molar-refractivity contribution is 7.80. The predicted molar refractivity (Wildman–Crippen MR) is 46.1 cm³/mol. The lowest BCUT2D eigenvalue weighted by molar-refractivity contribution is 0.634. The first-order valence-corrected chi connectivity index (χ1v) is 3.72. The van der Waals surface area contributed by atoms with Gasteiger partial charge in [-0.1, -0.05) is 0 Å². The van der Waals surface area contributed by atoms with E-state index in [9.17, 15) is 9.18 Å². The molecular weight excluding hydrogens is 179 g/mol. The quantitative estimate of drug-likeness (QED) is 0.531. The molecule has 0 saturated heterocycles. The van der Waals surface area contributed by atoms with Crippen LogP contribution in [0.5, 0.6) is 0 Å². The molecule has 2 rings (SSSR count). The van der Waals surface area contributed by atoms with Crippen molar-refractivity contribution < 1.29 is 4.39 Å². The van der Waals surface area contributed by atoms with E-state index in [1.807, 2.05) is 0 Å². The molecule has 0 spiro atoms. The molecule has 0 aliphatic rings. The third-order valence-electron chi connectivity index (χ3n) is 1.56. The number of thiol groups is 1. The number of H-pyrrole nitrogens is 2. The van der Waals surface area contributed by atoms with Crippen LogP contribution in [0.15, 0.2) is 21.8 Å². The minimum absolute atomic E-state index is 0.192. The topological polar surface area (TPSA) is 48.6 Å². The molecule has 0 atom stereocenters. The summed E-state index contributed by atoms with van der Waals surface area (Å²) in [6, 6.07) is 2.83. The number of aromatic nitrogens is 2. The van der Waals surface area contributed by atoms with Crippen molar-refractivity contribution >= 4 is 23.7 Å². The Bertz CT molecular complexity index is 488. The number of hydrogen-bond acceptors (Lipinski definition) is 2. The van der Waals surface area contributed by atoms with Gasteiger partial charge in [-0.25, -0.2) is 9.18 Å². The van der Waals surface area contributed by atoms with E-state index in [1.54, 1.807) is 6.07 Å². The molecule has 12 heavy (non-hydrogen) atoms. The molecule has 2 N–H and O–H groups in total. The van der Waals surface area contributed by atoms with Crippen LogP contribution in [0.4, 0.5) is 4.39 Å². The van der Waals surface area contributed by atoms with Crippen molar-refractivity contribution in [2.75, 3.05) is 0 Å². The number of rotatable bonds is 0. The first-order valence-electron chi connectivity index (χ1n) is 3.27. The molecule has 2 aromatic rings. The summed E-state index contributed by atoms with van der Waals surface area (Å²) in [5.41, 5.74) is 0.214. The third kappa shape index (κ3) is 1.02. The maximum atomic E-state index is 13.0. The summed E-state index contributed by atoms with van der Waals surface area (Å²) >= 11 is 3.96. The van der Waals surface area contributed by atoms with Crippen LogP contribution in [0.3, 0.4) is 0 Å². The number of hydrogen-bond donors (Lipinski definition) is 3. The number of halogens is 1. The van der Waals surface area contributed by atoms with Crippen LogP contribution in [0.25, 0.3) is 11.0 Å². The van der Waals surface area contributed by atoms with Crippen molar-refractivity contribution in [3.05, 3.63) is 28.4 Å². The van der Waals surface area contributed by atoms with Crippen molar-refractivity contribution in [3.63, 3.8) is 0 Å². The van der Waals surface area contributed by atoms with E-state index >= 15 is 0 Å². The minimum atomic E-state index is -0.476. The Morgan fingerprint density at radius 2 is 2.08 bits per heavy atom. The summed E-state index contributed by atoms with van der Waals surface area (Å²) in [7, 11) is 0. The standard InChI is InChI=1S/C7H5FN2OS/c8-4-1-3(12)2-5-6(4)10-7(11)9-5/h1-2,12H,(H2,9,10,11). The van der Waals surface area contributed by atoms with Gasteiger partial charge in [-0.2, -0.15) is 0 Å². The van der Waals surface area contributed by atoms with Gasteiger partial charge in [-0.15, -0.1) is 12.6 Å². The Morgan fingerprint density at radius 3 is 2.83 bits per heavy atom. The highest BCUT2D eigenvalue weighted by Gasteiger charge is 2.04. The molecule has 3 nitrogen and oxygen atoms in total. The summed E-state index contributed by atoms with van der Waals surface area (Å²) < 4.78 is 13.0. The summed E-state index contributed by atoms with van der Waals surface area (Å²) in [6.45, 7) is 0. The molecule has 5 heteroatoms. The molecule has 0 fully saturated rings. The lowest BCUT2D eigenvalue weighted by Crippen LogP contribution is -1.99. The molecule has 0 aliphatic heterocycles. The zero-order valence-electron chi connectivity index (χ0n) is 5.89. The van der Waals surface area contributed by atoms with Crippen LogP contribution in [-0.4, -0.2) is 9.97 Å². The van der Waals surface area contributed by atoms with Crippen LogP contribution in [0.1, 0.15) is 0 Å². The van der Waals surface area contributed by atoms with Crippen molar-refractivity contribution in [3.8, 4) is 0 Å². The van der Waals surface area contributed by atoms with Gasteiger partial charge in [-0.05, 0) is 12.1 Å². The van der Waals surface area contributed by atoms with E-state index in [0.29, 0.717) is 10.4 Å². The van der Waals surface area contributed by atoms with E-state index in [0.717, 1.165) is 0 Å². The average Bonchev–Trinajstić information content (AvgIpc) is 2.29. The second kappa shape index (κ2) is 2.38. The first-order chi connectivity index (χ1) is 5.66. The Labute approximate surface area is 72.0 Å². The van der Waals surface area contributed by atoms with E-state index in [4.69, 9.17) is 0 Å². The molecule has 62 valence electrons. The van der Waals surface area contributed by atoms with Crippen molar-refractivity contribution in [1.82, 2.24) is 9.97 Å². The van der Waals surface area contributed by atoms with Gasteiger partial charge in [0.1, 0.15) is 11.3 Å². The predicted octanol–water partition coefficient (Wildman–Crippen LogP) is 1.28.